The summed E-state index contributed by atoms with van der Waals surface area (Å²) in [4.78, 5) is 24.1. The zero-order valence-corrected chi connectivity index (χ0v) is 18.3. The molecule has 0 aliphatic rings. The molecule has 2 N–H and O–H groups in total. The molecule has 4 heteroatoms. The van der Waals surface area contributed by atoms with E-state index in [1.165, 1.54) is 37.9 Å². The lowest BCUT2D eigenvalue weighted by molar-refractivity contribution is -0.141. The minimum absolute atomic E-state index is 0.226. The lowest BCUT2D eigenvalue weighted by atomic mass is 9.90. The summed E-state index contributed by atoms with van der Waals surface area (Å²) < 4.78 is 0. The normalized spacial score (nSPS) is 12.4. The van der Waals surface area contributed by atoms with E-state index < -0.39 is 12.0 Å². The lowest BCUT2D eigenvalue weighted by Crippen LogP contribution is -2.42. The van der Waals surface area contributed by atoms with Gasteiger partial charge in [-0.3, -0.25) is 4.79 Å². The Morgan fingerprint density at radius 1 is 0.758 bits per heavy atom. The van der Waals surface area contributed by atoms with Gasteiger partial charge in [-0.05, 0) is 56.3 Å². The van der Waals surface area contributed by atoms with Crippen molar-refractivity contribution in [2.45, 2.75) is 31.7 Å². The summed E-state index contributed by atoms with van der Waals surface area (Å²) in [6.07, 6.45) is 1.99. The second-order valence-corrected chi connectivity index (χ2v) is 8.58. The lowest BCUT2D eigenvalue weighted by Gasteiger charge is -2.15. The highest BCUT2D eigenvalue weighted by Crippen LogP contribution is 2.36. The monoisotopic (exact) mass is 435 g/mol. The Balaban J connectivity index is 1.29. The highest BCUT2D eigenvalue weighted by atomic mass is 16.4. The average Bonchev–Trinajstić information content (AvgIpc) is 2.83. The van der Waals surface area contributed by atoms with Crippen molar-refractivity contribution in [3.8, 4) is 0 Å². The number of carboxylic acid groups (broad SMARTS) is 1. The molecular formula is C29H25NO3. The van der Waals surface area contributed by atoms with E-state index in [1.54, 1.807) is 0 Å². The van der Waals surface area contributed by atoms with Crippen molar-refractivity contribution in [3.63, 3.8) is 0 Å². The Kier molecular flexibility index (Phi) is 5.66. The van der Waals surface area contributed by atoms with Crippen molar-refractivity contribution in [3.05, 3.63) is 96.1 Å². The van der Waals surface area contributed by atoms with Crippen LogP contribution in [0, 0.1) is 0 Å². The van der Waals surface area contributed by atoms with E-state index in [2.05, 4.69) is 59.9 Å². The van der Waals surface area contributed by atoms with E-state index in [1.807, 2.05) is 30.3 Å². The number of aliphatic carboxylic acids is 1. The number of benzene rings is 5. The first kappa shape index (κ1) is 21.0. The molecule has 0 bridgehead atoms. The van der Waals surface area contributed by atoms with Gasteiger partial charge in [0.1, 0.15) is 6.04 Å². The number of hydrogen-bond acceptors (Lipinski definition) is 2. The molecule has 0 heterocycles. The molecule has 1 unspecified atom stereocenters. The van der Waals surface area contributed by atoms with Crippen LogP contribution in [0.5, 0.6) is 0 Å². The summed E-state index contributed by atoms with van der Waals surface area (Å²) in [6.45, 7) is 0. The van der Waals surface area contributed by atoms with Crippen LogP contribution in [0.4, 0.5) is 0 Å². The van der Waals surface area contributed by atoms with Crippen LogP contribution in [0.15, 0.2) is 84.9 Å². The molecular weight excluding hydrogens is 410 g/mol. The van der Waals surface area contributed by atoms with E-state index in [0.717, 1.165) is 12.0 Å². The maximum atomic E-state index is 12.5. The summed E-state index contributed by atoms with van der Waals surface area (Å²) in [6, 6.07) is 27.8. The molecule has 4 nitrogen and oxygen atoms in total. The number of aryl methyl sites for hydroxylation is 1. The molecule has 0 radical (unpaired) electrons. The Bertz CT molecular complexity index is 1430. The number of rotatable bonds is 8. The zero-order chi connectivity index (χ0) is 22.8. The van der Waals surface area contributed by atoms with Crippen molar-refractivity contribution >= 4 is 44.2 Å². The summed E-state index contributed by atoms with van der Waals surface area (Å²) >= 11 is 0. The van der Waals surface area contributed by atoms with Crippen LogP contribution in [-0.2, 0) is 22.4 Å². The molecule has 0 saturated heterocycles. The topological polar surface area (TPSA) is 66.4 Å². The first-order chi connectivity index (χ1) is 16.1. The molecule has 164 valence electrons. The SMILES string of the molecule is O=C(CCCc1ccc2ccc3cccc4ccc1c2c34)NC(Cc1ccccc1)C(=O)O. The summed E-state index contributed by atoms with van der Waals surface area (Å²) in [5, 5.41) is 19.7. The van der Waals surface area contributed by atoms with Gasteiger partial charge in [0, 0.05) is 12.8 Å². The third-order valence-corrected chi connectivity index (χ3v) is 6.38. The number of hydrogen-bond donors (Lipinski definition) is 2. The van der Waals surface area contributed by atoms with Gasteiger partial charge in [-0.2, -0.15) is 0 Å². The number of carbonyl (C=O) groups is 2. The molecule has 0 fully saturated rings. The van der Waals surface area contributed by atoms with Crippen LogP contribution in [0.2, 0.25) is 0 Å². The molecule has 0 spiro atoms. The van der Waals surface area contributed by atoms with E-state index in [9.17, 15) is 14.7 Å². The highest BCUT2D eigenvalue weighted by molar-refractivity contribution is 6.23. The molecule has 0 aromatic heterocycles. The Hall–Kier alpha value is -3.92. The van der Waals surface area contributed by atoms with E-state index in [4.69, 9.17) is 0 Å². The molecule has 33 heavy (non-hydrogen) atoms. The highest BCUT2D eigenvalue weighted by Gasteiger charge is 2.20. The fraction of sp³-hybridized carbons (Fsp3) is 0.172. The average molecular weight is 436 g/mol. The minimum atomic E-state index is -1.01. The smallest absolute Gasteiger partial charge is 0.326 e. The predicted octanol–water partition coefficient (Wildman–Crippen LogP) is 5.72. The summed E-state index contributed by atoms with van der Waals surface area (Å²) in [7, 11) is 0. The maximum absolute atomic E-state index is 12.5. The molecule has 5 rings (SSSR count). The van der Waals surface area contributed by atoms with Crippen molar-refractivity contribution in [1.82, 2.24) is 5.32 Å². The summed E-state index contributed by atoms with van der Waals surface area (Å²) in [5.74, 6) is -1.24. The van der Waals surface area contributed by atoms with Crippen molar-refractivity contribution < 1.29 is 14.7 Å². The first-order valence-electron chi connectivity index (χ1n) is 11.3. The third kappa shape index (κ3) is 4.24. The fourth-order valence-electron chi connectivity index (χ4n) is 4.77. The Labute approximate surface area is 192 Å². The number of nitrogens with one attached hydrogen (secondary N) is 1. The number of carbonyl (C=O) groups excluding carboxylic acids is 1. The van der Waals surface area contributed by atoms with Crippen molar-refractivity contribution in [2.24, 2.45) is 0 Å². The van der Waals surface area contributed by atoms with Crippen LogP contribution >= 0.6 is 0 Å². The third-order valence-electron chi connectivity index (χ3n) is 6.38. The minimum Gasteiger partial charge on any atom is -0.480 e. The Morgan fingerprint density at radius 3 is 2.15 bits per heavy atom. The molecule has 0 aliphatic carbocycles. The van der Waals surface area contributed by atoms with Gasteiger partial charge in [-0.25, -0.2) is 4.79 Å². The van der Waals surface area contributed by atoms with Crippen LogP contribution in [-0.4, -0.2) is 23.0 Å². The van der Waals surface area contributed by atoms with Gasteiger partial charge in [0.25, 0.3) is 0 Å². The molecule has 1 atom stereocenters. The number of amides is 1. The van der Waals surface area contributed by atoms with Crippen LogP contribution in [0.25, 0.3) is 32.3 Å². The predicted molar refractivity (Wildman–Crippen MR) is 133 cm³/mol. The summed E-state index contributed by atoms with van der Waals surface area (Å²) in [5.41, 5.74) is 2.10. The van der Waals surface area contributed by atoms with Gasteiger partial charge >= 0.3 is 5.97 Å². The molecule has 5 aromatic rings. The van der Waals surface area contributed by atoms with Gasteiger partial charge in [0.15, 0.2) is 0 Å². The quantitative estimate of drug-likeness (QED) is 0.306. The van der Waals surface area contributed by atoms with Crippen LogP contribution in [0.1, 0.15) is 24.0 Å². The van der Waals surface area contributed by atoms with Gasteiger partial charge in [-0.1, -0.05) is 84.9 Å². The van der Waals surface area contributed by atoms with Crippen LogP contribution in [0.3, 0.4) is 0 Å². The standard InChI is InChI=1S/C29H25NO3/c31-26(30-25(29(32)33)18-19-6-2-1-3-7-19)11-5-8-20-12-13-23-15-14-21-9-4-10-22-16-17-24(20)28(23)27(21)22/h1-4,6-7,9-10,12-17,25H,5,8,11,18H2,(H,30,31)(H,32,33). The van der Waals surface area contributed by atoms with Crippen molar-refractivity contribution in [2.75, 3.05) is 0 Å². The Morgan fingerprint density at radius 2 is 1.42 bits per heavy atom. The molecule has 1 amide bonds. The first-order valence-corrected chi connectivity index (χ1v) is 11.3. The van der Waals surface area contributed by atoms with Crippen molar-refractivity contribution in [1.29, 1.82) is 0 Å². The molecule has 0 aliphatic heterocycles. The van der Waals surface area contributed by atoms with E-state index in [0.29, 0.717) is 12.8 Å². The fourth-order valence-corrected chi connectivity index (χ4v) is 4.77. The molecule has 5 aromatic carbocycles. The maximum Gasteiger partial charge on any atom is 0.326 e. The zero-order valence-electron chi connectivity index (χ0n) is 18.3. The van der Waals surface area contributed by atoms with Gasteiger partial charge in [-0.15, -0.1) is 0 Å². The largest absolute Gasteiger partial charge is 0.480 e. The van der Waals surface area contributed by atoms with Gasteiger partial charge in [0.2, 0.25) is 5.91 Å². The second-order valence-electron chi connectivity index (χ2n) is 8.58. The van der Waals surface area contributed by atoms with Crippen LogP contribution < -0.4 is 5.32 Å². The number of carboxylic acids is 1. The van der Waals surface area contributed by atoms with Gasteiger partial charge < -0.3 is 10.4 Å². The molecule has 0 saturated carbocycles. The van der Waals surface area contributed by atoms with E-state index in [-0.39, 0.29) is 12.3 Å². The second kappa shape index (κ2) is 8.91. The van der Waals surface area contributed by atoms with E-state index >= 15 is 0 Å². The van der Waals surface area contributed by atoms with Gasteiger partial charge in [0.05, 0.1) is 0 Å².